The van der Waals surface area contributed by atoms with Crippen LogP contribution in [0.3, 0.4) is 0 Å². The van der Waals surface area contributed by atoms with Crippen molar-refractivity contribution >= 4 is 18.3 Å². The van der Waals surface area contributed by atoms with Crippen LogP contribution in [0.2, 0.25) is 0 Å². The molecule has 4 atom stereocenters. The fourth-order valence-electron chi connectivity index (χ4n) is 3.38. The molecule has 0 bridgehead atoms. The van der Waals surface area contributed by atoms with Crippen LogP contribution in [0.5, 0.6) is 0 Å². The topological polar surface area (TPSA) is 85.4 Å². The van der Waals surface area contributed by atoms with E-state index in [0.717, 1.165) is 13.0 Å². The third-order valence-corrected chi connectivity index (χ3v) is 4.90. The maximum absolute atomic E-state index is 13.4. The van der Waals surface area contributed by atoms with Crippen molar-refractivity contribution in [3.05, 3.63) is 35.9 Å². The molecule has 2 fully saturated rings. The Morgan fingerprint density at radius 3 is 2.58 bits per heavy atom. The number of fused-ring (bicyclic) bond motifs is 1. The summed E-state index contributed by atoms with van der Waals surface area (Å²) in [7, 11) is 0. The zero-order valence-electron chi connectivity index (χ0n) is 13.8. The van der Waals surface area contributed by atoms with Crippen LogP contribution < -0.4 is 21.5 Å². The maximum Gasteiger partial charge on any atom is 0.423 e. The number of carbonyl (C=O) groups is 1. The van der Waals surface area contributed by atoms with Gasteiger partial charge in [0.15, 0.2) is 0 Å². The van der Waals surface area contributed by atoms with E-state index >= 15 is 0 Å². The van der Waals surface area contributed by atoms with Crippen LogP contribution in [0.15, 0.2) is 30.3 Å². The number of carbonyl (C=O) groups excluding carboxylic acids is 1. The van der Waals surface area contributed by atoms with Gasteiger partial charge in [-0.3, -0.25) is 10.2 Å². The molecule has 1 amide bonds. The van der Waals surface area contributed by atoms with Crippen LogP contribution in [0.1, 0.15) is 12.0 Å². The van der Waals surface area contributed by atoms with Gasteiger partial charge in [0.2, 0.25) is 11.5 Å². The molecule has 5 N–H and O–H groups in total. The zero-order chi connectivity index (χ0) is 18.1. The average molecular weight is 395 g/mol. The Morgan fingerprint density at radius 2 is 1.92 bits per heavy atom. The minimum atomic E-state index is -4.92. The number of hydrazine groups is 1. The van der Waals surface area contributed by atoms with E-state index in [1.807, 2.05) is 0 Å². The van der Waals surface area contributed by atoms with E-state index in [0.29, 0.717) is 6.54 Å². The van der Waals surface area contributed by atoms with Crippen molar-refractivity contribution in [2.24, 2.45) is 5.92 Å². The number of alkyl halides is 3. The Kier molecular flexibility index (Phi) is 6.51. The summed E-state index contributed by atoms with van der Waals surface area (Å²) in [5, 5.41) is 15.7. The summed E-state index contributed by atoms with van der Waals surface area (Å²) in [4.78, 5) is 12.4. The lowest BCUT2D eigenvalue weighted by molar-refractivity contribution is -0.264. The molecular formula is C16H22ClF3N4O2. The van der Waals surface area contributed by atoms with Crippen molar-refractivity contribution in [1.82, 2.24) is 21.5 Å². The SMILES string of the molecule is Cl.O=C(NCC(O)(c1ccccc1)C(F)(F)F)C1NNC2CCNCC21. The van der Waals surface area contributed by atoms with Gasteiger partial charge in [-0.1, -0.05) is 30.3 Å². The van der Waals surface area contributed by atoms with E-state index in [9.17, 15) is 23.1 Å². The Bertz CT molecular complexity index is 619. The molecule has 2 aliphatic heterocycles. The summed E-state index contributed by atoms with van der Waals surface area (Å²) >= 11 is 0. The Labute approximate surface area is 155 Å². The number of amides is 1. The normalized spacial score (nSPS) is 27.8. The van der Waals surface area contributed by atoms with Gasteiger partial charge in [-0.2, -0.15) is 13.2 Å². The molecule has 26 heavy (non-hydrogen) atoms. The molecule has 1 aromatic carbocycles. The van der Waals surface area contributed by atoms with Crippen molar-refractivity contribution in [2.75, 3.05) is 19.6 Å². The summed E-state index contributed by atoms with van der Waals surface area (Å²) in [6, 6.07) is 6.22. The molecule has 2 saturated heterocycles. The molecule has 6 nitrogen and oxygen atoms in total. The van der Waals surface area contributed by atoms with Gasteiger partial charge in [0.05, 0.1) is 6.54 Å². The van der Waals surface area contributed by atoms with E-state index in [1.54, 1.807) is 6.07 Å². The molecule has 0 aliphatic carbocycles. The van der Waals surface area contributed by atoms with Crippen LogP contribution in [0, 0.1) is 5.92 Å². The molecule has 2 heterocycles. The summed E-state index contributed by atoms with van der Waals surface area (Å²) < 4.78 is 40.3. The van der Waals surface area contributed by atoms with Crippen LogP contribution in [-0.4, -0.2) is 48.9 Å². The summed E-state index contributed by atoms with van der Waals surface area (Å²) in [5.41, 5.74) is 2.41. The molecule has 0 radical (unpaired) electrons. The number of piperidine rings is 1. The first kappa shape index (κ1) is 20.9. The maximum atomic E-state index is 13.4. The molecule has 4 unspecified atom stereocenters. The van der Waals surface area contributed by atoms with E-state index in [-0.39, 0.29) is 29.9 Å². The van der Waals surface area contributed by atoms with Gasteiger partial charge in [0.25, 0.3) is 0 Å². The number of hydrogen-bond acceptors (Lipinski definition) is 5. The number of rotatable bonds is 4. The highest BCUT2D eigenvalue weighted by atomic mass is 35.5. The van der Waals surface area contributed by atoms with Crippen LogP contribution in [0.4, 0.5) is 13.2 Å². The van der Waals surface area contributed by atoms with Crippen LogP contribution >= 0.6 is 12.4 Å². The van der Waals surface area contributed by atoms with Crippen molar-refractivity contribution < 1.29 is 23.1 Å². The molecule has 0 aromatic heterocycles. The molecule has 3 rings (SSSR count). The molecule has 2 aliphatic rings. The fourth-order valence-corrected chi connectivity index (χ4v) is 3.38. The van der Waals surface area contributed by atoms with Crippen molar-refractivity contribution in [3.63, 3.8) is 0 Å². The van der Waals surface area contributed by atoms with Crippen LogP contribution in [0.25, 0.3) is 0 Å². The zero-order valence-corrected chi connectivity index (χ0v) is 14.7. The summed E-state index contributed by atoms with van der Waals surface area (Å²) in [5.74, 6) is -0.619. The number of nitrogens with one attached hydrogen (secondary N) is 4. The number of aliphatic hydroxyl groups is 1. The second kappa shape index (κ2) is 8.10. The fraction of sp³-hybridized carbons (Fsp3) is 0.562. The molecule has 1 aromatic rings. The quantitative estimate of drug-likeness (QED) is 0.511. The third kappa shape index (κ3) is 3.96. The molecule has 146 valence electrons. The third-order valence-electron chi connectivity index (χ3n) is 4.90. The summed E-state index contributed by atoms with van der Waals surface area (Å²) in [6.45, 7) is 0.485. The number of halogens is 4. The second-order valence-corrected chi connectivity index (χ2v) is 6.47. The van der Waals surface area contributed by atoms with Gasteiger partial charge in [-0.15, -0.1) is 12.4 Å². The largest absolute Gasteiger partial charge is 0.423 e. The number of hydrogen-bond donors (Lipinski definition) is 5. The van der Waals surface area contributed by atoms with Gasteiger partial charge in [0, 0.05) is 18.5 Å². The van der Waals surface area contributed by atoms with Crippen molar-refractivity contribution in [2.45, 2.75) is 30.3 Å². The summed E-state index contributed by atoms with van der Waals surface area (Å²) in [6.07, 6.45) is -4.09. The predicted molar refractivity (Wildman–Crippen MR) is 91.5 cm³/mol. The minimum absolute atomic E-state index is 0. The lowest BCUT2D eigenvalue weighted by Crippen LogP contribution is -2.55. The first-order valence-corrected chi connectivity index (χ1v) is 8.17. The molecule has 0 saturated carbocycles. The smallest absolute Gasteiger partial charge is 0.375 e. The molecule has 10 heteroatoms. The standard InChI is InChI=1S/C16H21F3N4O2.ClH/c17-16(18,19)15(25,10-4-2-1-3-5-10)9-21-14(24)13-11-8-20-7-6-12(11)22-23-13;/h1-5,11-13,20,22-23,25H,6-9H2,(H,21,24);1H. The molecular weight excluding hydrogens is 373 g/mol. The van der Waals surface area contributed by atoms with Crippen molar-refractivity contribution in [3.8, 4) is 0 Å². The molecule has 0 spiro atoms. The highest BCUT2D eigenvalue weighted by Crippen LogP contribution is 2.38. The van der Waals surface area contributed by atoms with E-state index in [2.05, 4.69) is 21.5 Å². The second-order valence-electron chi connectivity index (χ2n) is 6.47. The number of benzene rings is 1. The van der Waals surface area contributed by atoms with Crippen LogP contribution in [-0.2, 0) is 10.4 Å². The first-order chi connectivity index (χ1) is 11.8. The first-order valence-electron chi connectivity index (χ1n) is 8.17. The average Bonchev–Trinajstić information content (AvgIpc) is 3.03. The lowest BCUT2D eigenvalue weighted by atomic mass is 9.88. The van der Waals surface area contributed by atoms with Gasteiger partial charge in [-0.05, 0) is 18.5 Å². The van der Waals surface area contributed by atoms with Gasteiger partial charge in [0.1, 0.15) is 6.04 Å². The van der Waals surface area contributed by atoms with Crippen molar-refractivity contribution in [1.29, 1.82) is 0 Å². The predicted octanol–water partition coefficient (Wildman–Crippen LogP) is 0.429. The lowest BCUT2D eigenvalue weighted by Gasteiger charge is -2.32. The Hall–Kier alpha value is -1.39. The van der Waals surface area contributed by atoms with E-state index in [1.165, 1.54) is 24.3 Å². The highest BCUT2D eigenvalue weighted by molar-refractivity contribution is 5.85. The minimum Gasteiger partial charge on any atom is -0.375 e. The highest BCUT2D eigenvalue weighted by Gasteiger charge is 2.55. The van der Waals surface area contributed by atoms with Gasteiger partial charge in [-0.25, -0.2) is 5.43 Å². The monoisotopic (exact) mass is 394 g/mol. The van der Waals surface area contributed by atoms with Gasteiger partial charge >= 0.3 is 6.18 Å². The Morgan fingerprint density at radius 1 is 1.23 bits per heavy atom. The van der Waals surface area contributed by atoms with E-state index in [4.69, 9.17) is 0 Å². The van der Waals surface area contributed by atoms with Gasteiger partial charge < -0.3 is 15.7 Å². The Balaban J connectivity index is 0.00000243. The van der Waals surface area contributed by atoms with E-state index < -0.39 is 30.3 Å².